The summed E-state index contributed by atoms with van der Waals surface area (Å²) in [5.41, 5.74) is 3.17. The minimum Gasteiger partial charge on any atom is -0.497 e. The lowest BCUT2D eigenvalue weighted by molar-refractivity contribution is 0.324. The number of nitrogens with zero attached hydrogens (tertiary/aromatic N) is 5. The molecule has 0 unspecified atom stereocenters. The van der Waals surface area contributed by atoms with Gasteiger partial charge in [0.25, 0.3) is 0 Å². The summed E-state index contributed by atoms with van der Waals surface area (Å²) in [6, 6.07) is 15.2. The minimum atomic E-state index is 0.479. The highest BCUT2D eigenvalue weighted by Gasteiger charge is 2.21. The molecule has 184 valence electrons. The van der Waals surface area contributed by atoms with Crippen molar-refractivity contribution >= 4 is 21.6 Å². The highest BCUT2D eigenvalue weighted by atomic mass is 32.1. The summed E-state index contributed by atoms with van der Waals surface area (Å²) in [6.45, 7) is 0. The summed E-state index contributed by atoms with van der Waals surface area (Å²) in [5.74, 6) is 3.34. The molecule has 0 N–H and O–H groups in total. The van der Waals surface area contributed by atoms with Gasteiger partial charge in [-0.15, -0.1) is 16.4 Å². The zero-order chi connectivity index (χ0) is 25.2. The average molecular weight is 506 g/mol. The molecular weight excluding hydrogens is 482 g/mol. The second-order valence-electron chi connectivity index (χ2n) is 7.57. The quantitative estimate of drug-likeness (QED) is 0.298. The lowest BCUT2D eigenvalue weighted by Gasteiger charge is -2.15. The Balaban J connectivity index is 1.57. The maximum atomic E-state index is 5.73. The fraction of sp³-hybridized carbons (Fsp3) is 0.200. The van der Waals surface area contributed by atoms with Crippen molar-refractivity contribution in [3.63, 3.8) is 0 Å². The predicted molar refractivity (Wildman–Crippen MR) is 136 cm³/mol. The van der Waals surface area contributed by atoms with Crippen molar-refractivity contribution in [3.05, 3.63) is 48.5 Å². The van der Waals surface area contributed by atoms with E-state index < -0.39 is 0 Å². The number of tetrazole rings is 1. The second-order valence-corrected chi connectivity index (χ2v) is 8.60. The molecule has 3 aromatic carbocycles. The van der Waals surface area contributed by atoms with E-state index in [9.17, 15) is 0 Å². The topological polar surface area (TPSA) is 103 Å². The van der Waals surface area contributed by atoms with Gasteiger partial charge in [0.05, 0.1) is 45.8 Å². The number of hydrogen-bond acceptors (Lipinski definition) is 10. The molecule has 2 heterocycles. The van der Waals surface area contributed by atoms with Crippen LogP contribution in [0.1, 0.15) is 0 Å². The Morgan fingerprint density at radius 3 is 2.11 bits per heavy atom. The van der Waals surface area contributed by atoms with Crippen LogP contribution in [-0.2, 0) is 0 Å². The highest BCUT2D eigenvalue weighted by Crippen LogP contribution is 2.42. The Morgan fingerprint density at radius 2 is 1.44 bits per heavy atom. The monoisotopic (exact) mass is 505 g/mol. The van der Waals surface area contributed by atoms with Crippen LogP contribution in [0.5, 0.6) is 28.7 Å². The standard InChI is InChI=1S/C25H23N5O5S/c1-31-16-7-8-17-22(13-16)36-25(26-17)14-6-9-18(19(10-14)32-2)30-24(27-28-29-30)15-11-20(33-3)23(35-5)21(12-15)34-4/h6-13H,1-5H3. The largest absolute Gasteiger partial charge is 0.497 e. The van der Waals surface area contributed by atoms with E-state index in [-0.39, 0.29) is 0 Å². The molecule has 0 fully saturated rings. The van der Waals surface area contributed by atoms with Crippen LogP contribution >= 0.6 is 11.3 Å². The van der Waals surface area contributed by atoms with Crippen LogP contribution in [0.25, 0.3) is 37.9 Å². The summed E-state index contributed by atoms with van der Waals surface area (Å²) in [5, 5.41) is 13.2. The maximum absolute atomic E-state index is 5.73. The zero-order valence-corrected chi connectivity index (χ0v) is 21.1. The van der Waals surface area contributed by atoms with E-state index in [4.69, 9.17) is 28.7 Å². The highest BCUT2D eigenvalue weighted by molar-refractivity contribution is 7.21. The molecular formula is C25H23N5O5S. The molecule has 0 aliphatic carbocycles. The van der Waals surface area contributed by atoms with E-state index in [1.807, 2.05) is 36.4 Å². The molecule has 0 aliphatic rings. The average Bonchev–Trinajstić information content (AvgIpc) is 3.58. The van der Waals surface area contributed by atoms with Crippen molar-refractivity contribution in [3.8, 4) is 56.4 Å². The molecule has 5 aromatic rings. The molecule has 11 heteroatoms. The van der Waals surface area contributed by atoms with Crippen molar-refractivity contribution in [1.29, 1.82) is 0 Å². The van der Waals surface area contributed by atoms with E-state index in [2.05, 4.69) is 15.5 Å². The van der Waals surface area contributed by atoms with Gasteiger partial charge < -0.3 is 23.7 Å². The smallest absolute Gasteiger partial charge is 0.203 e. The van der Waals surface area contributed by atoms with Gasteiger partial charge in [-0.2, -0.15) is 4.68 Å². The molecule has 10 nitrogen and oxygen atoms in total. The first kappa shape index (κ1) is 23.4. The van der Waals surface area contributed by atoms with Crippen LogP contribution in [0, 0.1) is 0 Å². The number of ether oxygens (including phenoxy) is 5. The van der Waals surface area contributed by atoms with Crippen molar-refractivity contribution in [2.45, 2.75) is 0 Å². The third-order valence-corrected chi connectivity index (χ3v) is 6.71. The van der Waals surface area contributed by atoms with E-state index >= 15 is 0 Å². The first-order chi connectivity index (χ1) is 17.6. The summed E-state index contributed by atoms with van der Waals surface area (Å²) >= 11 is 1.58. The third-order valence-electron chi connectivity index (χ3n) is 5.64. The van der Waals surface area contributed by atoms with Crippen molar-refractivity contribution in [1.82, 2.24) is 25.2 Å². The van der Waals surface area contributed by atoms with Crippen LogP contribution in [-0.4, -0.2) is 60.7 Å². The molecule has 0 atom stereocenters. The van der Waals surface area contributed by atoms with E-state index in [0.29, 0.717) is 40.1 Å². The van der Waals surface area contributed by atoms with Crippen molar-refractivity contribution in [2.75, 3.05) is 35.5 Å². The van der Waals surface area contributed by atoms with Crippen LogP contribution < -0.4 is 23.7 Å². The molecule has 36 heavy (non-hydrogen) atoms. The van der Waals surface area contributed by atoms with Gasteiger partial charge in [0.1, 0.15) is 22.2 Å². The predicted octanol–water partition coefficient (Wildman–Crippen LogP) is 4.65. The Morgan fingerprint density at radius 1 is 0.722 bits per heavy atom. The lowest BCUT2D eigenvalue weighted by atomic mass is 10.1. The Hall–Kier alpha value is -4.38. The molecule has 0 aliphatic heterocycles. The Labute approximate surface area is 211 Å². The van der Waals surface area contributed by atoms with E-state index in [1.165, 1.54) is 0 Å². The van der Waals surface area contributed by atoms with E-state index in [1.54, 1.807) is 63.7 Å². The Kier molecular flexibility index (Phi) is 6.30. The molecule has 2 aromatic heterocycles. The lowest BCUT2D eigenvalue weighted by Crippen LogP contribution is -2.03. The van der Waals surface area contributed by atoms with Gasteiger partial charge in [0, 0.05) is 11.1 Å². The molecule has 0 bridgehead atoms. The molecule has 0 amide bonds. The summed E-state index contributed by atoms with van der Waals surface area (Å²) in [6.07, 6.45) is 0. The van der Waals surface area contributed by atoms with Crippen LogP contribution in [0.2, 0.25) is 0 Å². The first-order valence-electron chi connectivity index (χ1n) is 10.8. The molecule has 0 spiro atoms. The molecule has 5 rings (SSSR count). The summed E-state index contributed by atoms with van der Waals surface area (Å²) < 4.78 is 30.1. The normalized spacial score (nSPS) is 10.9. The Bertz CT molecular complexity index is 1520. The first-order valence-corrected chi connectivity index (χ1v) is 11.6. The number of hydrogen-bond donors (Lipinski definition) is 0. The van der Waals surface area contributed by atoms with Crippen LogP contribution in [0.15, 0.2) is 48.5 Å². The summed E-state index contributed by atoms with van der Waals surface area (Å²) in [7, 11) is 7.93. The van der Waals surface area contributed by atoms with Gasteiger partial charge in [-0.25, -0.2) is 4.98 Å². The number of thiazole rings is 1. The van der Waals surface area contributed by atoms with Gasteiger partial charge >= 0.3 is 0 Å². The van der Waals surface area contributed by atoms with Gasteiger partial charge in [0.2, 0.25) is 5.75 Å². The summed E-state index contributed by atoms with van der Waals surface area (Å²) in [4.78, 5) is 4.77. The van der Waals surface area contributed by atoms with Gasteiger partial charge in [-0.1, -0.05) is 0 Å². The molecule has 0 radical (unpaired) electrons. The fourth-order valence-electron chi connectivity index (χ4n) is 3.88. The van der Waals surface area contributed by atoms with Gasteiger partial charge in [-0.05, 0) is 59.0 Å². The zero-order valence-electron chi connectivity index (χ0n) is 20.3. The number of fused-ring (bicyclic) bond motifs is 1. The number of methoxy groups -OCH3 is 5. The van der Waals surface area contributed by atoms with Gasteiger partial charge in [-0.3, -0.25) is 0 Å². The van der Waals surface area contributed by atoms with Crippen molar-refractivity contribution in [2.24, 2.45) is 0 Å². The molecule has 0 saturated heterocycles. The number of aromatic nitrogens is 5. The minimum absolute atomic E-state index is 0.479. The molecule has 0 saturated carbocycles. The maximum Gasteiger partial charge on any atom is 0.203 e. The van der Waals surface area contributed by atoms with E-state index in [0.717, 1.165) is 26.5 Å². The van der Waals surface area contributed by atoms with Crippen LogP contribution in [0.4, 0.5) is 0 Å². The fourth-order valence-corrected chi connectivity index (χ4v) is 4.87. The van der Waals surface area contributed by atoms with Crippen LogP contribution in [0.3, 0.4) is 0 Å². The van der Waals surface area contributed by atoms with Crippen molar-refractivity contribution < 1.29 is 23.7 Å². The van der Waals surface area contributed by atoms with Gasteiger partial charge in [0.15, 0.2) is 17.3 Å². The SMILES string of the molecule is COc1ccc2nc(-c3ccc(-n4nnnc4-c4cc(OC)c(OC)c(OC)c4)c(OC)c3)sc2c1. The number of benzene rings is 3. The number of rotatable bonds is 8. The third kappa shape index (κ3) is 4.03. The second kappa shape index (κ2) is 9.70.